The fourth-order valence-corrected chi connectivity index (χ4v) is 1.54. The molecular formula is C9H8BrClO2. The molecular weight excluding hydrogens is 255 g/mol. The average Bonchev–Trinajstić information content (AvgIpc) is 2.04. The van der Waals surface area contributed by atoms with Crippen LogP contribution in [0.2, 0.25) is 5.02 Å². The molecule has 0 amide bonds. The molecule has 0 heterocycles. The topological polar surface area (TPSA) is 37.3 Å². The van der Waals surface area contributed by atoms with Gasteiger partial charge in [-0.25, -0.2) is 0 Å². The Morgan fingerprint density at radius 3 is 2.85 bits per heavy atom. The lowest BCUT2D eigenvalue weighted by Gasteiger charge is -2.04. The van der Waals surface area contributed by atoms with E-state index in [-0.39, 0.29) is 0 Å². The molecule has 0 saturated heterocycles. The lowest BCUT2D eigenvalue weighted by atomic mass is 10.1. The molecule has 0 bridgehead atoms. The summed E-state index contributed by atoms with van der Waals surface area (Å²) < 4.78 is 0. The zero-order valence-electron chi connectivity index (χ0n) is 6.71. The average molecular weight is 264 g/mol. The minimum Gasteiger partial charge on any atom is -0.480 e. The van der Waals surface area contributed by atoms with E-state index in [9.17, 15) is 4.79 Å². The third-order valence-electron chi connectivity index (χ3n) is 1.57. The molecule has 1 aromatic rings. The third kappa shape index (κ3) is 3.36. The van der Waals surface area contributed by atoms with Crippen LogP contribution in [0, 0.1) is 0 Å². The molecule has 0 radical (unpaired) electrons. The largest absolute Gasteiger partial charge is 0.480 e. The van der Waals surface area contributed by atoms with Gasteiger partial charge in [-0.3, -0.25) is 4.79 Å². The van der Waals surface area contributed by atoms with Gasteiger partial charge in [0.25, 0.3) is 0 Å². The molecule has 0 aromatic heterocycles. The number of alkyl halides is 1. The molecule has 70 valence electrons. The van der Waals surface area contributed by atoms with Gasteiger partial charge in [0.05, 0.1) is 0 Å². The van der Waals surface area contributed by atoms with Gasteiger partial charge in [0, 0.05) is 5.02 Å². The number of hydrogen-bond donors (Lipinski definition) is 1. The first-order chi connectivity index (χ1) is 6.09. The standard InChI is InChI=1S/C9H8BrClO2/c10-8(9(12)13)5-6-2-1-3-7(11)4-6/h1-4,8H,5H2,(H,12,13)/t8-/m0/s1. The van der Waals surface area contributed by atoms with Crippen LogP contribution < -0.4 is 0 Å². The summed E-state index contributed by atoms with van der Waals surface area (Å²) >= 11 is 8.81. The van der Waals surface area contributed by atoms with Gasteiger partial charge in [-0.2, -0.15) is 0 Å². The number of halogens is 2. The van der Waals surface area contributed by atoms with Crippen molar-refractivity contribution < 1.29 is 9.90 Å². The molecule has 0 unspecified atom stereocenters. The molecule has 1 atom stereocenters. The quantitative estimate of drug-likeness (QED) is 0.852. The Labute approximate surface area is 89.7 Å². The van der Waals surface area contributed by atoms with Gasteiger partial charge >= 0.3 is 5.97 Å². The second-order valence-corrected chi connectivity index (χ2v) is 4.18. The van der Waals surface area contributed by atoms with Crippen LogP contribution in [-0.4, -0.2) is 15.9 Å². The van der Waals surface area contributed by atoms with E-state index in [1.165, 1.54) is 0 Å². The van der Waals surface area contributed by atoms with Gasteiger partial charge in [0.1, 0.15) is 4.83 Å². The Bertz CT molecular complexity index is 314. The van der Waals surface area contributed by atoms with E-state index >= 15 is 0 Å². The van der Waals surface area contributed by atoms with Crippen molar-refractivity contribution in [1.29, 1.82) is 0 Å². The number of carbonyl (C=O) groups is 1. The second-order valence-electron chi connectivity index (χ2n) is 2.64. The maximum atomic E-state index is 10.5. The van der Waals surface area contributed by atoms with Gasteiger partial charge in [-0.15, -0.1) is 0 Å². The van der Waals surface area contributed by atoms with E-state index < -0.39 is 10.8 Å². The number of hydrogen-bond acceptors (Lipinski definition) is 1. The van der Waals surface area contributed by atoms with Gasteiger partial charge < -0.3 is 5.11 Å². The van der Waals surface area contributed by atoms with Crippen LogP contribution in [0.25, 0.3) is 0 Å². The zero-order chi connectivity index (χ0) is 9.84. The van der Waals surface area contributed by atoms with Gasteiger partial charge in [-0.05, 0) is 24.1 Å². The lowest BCUT2D eigenvalue weighted by molar-refractivity contribution is -0.136. The van der Waals surface area contributed by atoms with Crippen molar-refractivity contribution in [2.75, 3.05) is 0 Å². The van der Waals surface area contributed by atoms with Crippen molar-refractivity contribution in [2.45, 2.75) is 11.2 Å². The number of rotatable bonds is 3. The minimum absolute atomic E-state index is 0.440. The fourth-order valence-electron chi connectivity index (χ4n) is 0.958. The molecule has 1 N–H and O–H groups in total. The highest BCUT2D eigenvalue weighted by Crippen LogP contribution is 2.15. The molecule has 1 rings (SSSR count). The highest BCUT2D eigenvalue weighted by molar-refractivity contribution is 9.10. The first-order valence-electron chi connectivity index (χ1n) is 3.71. The monoisotopic (exact) mass is 262 g/mol. The van der Waals surface area contributed by atoms with Crippen molar-refractivity contribution in [3.05, 3.63) is 34.9 Å². The van der Waals surface area contributed by atoms with Crippen molar-refractivity contribution in [2.24, 2.45) is 0 Å². The Morgan fingerprint density at radius 2 is 2.31 bits per heavy atom. The van der Waals surface area contributed by atoms with Crippen molar-refractivity contribution in [1.82, 2.24) is 0 Å². The number of carboxylic acid groups (broad SMARTS) is 1. The predicted octanol–water partition coefficient (Wildman–Crippen LogP) is 2.73. The molecule has 0 saturated carbocycles. The van der Waals surface area contributed by atoms with E-state index in [0.717, 1.165) is 5.56 Å². The summed E-state index contributed by atoms with van der Waals surface area (Å²) in [6, 6.07) is 7.18. The number of benzene rings is 1. The predicted molar refractivity (Wildman–Crippen MR) is 55.5 cm³/mol. The zero-order valence-corrected chi connectivity index (χ0v) is 9.05. The summed E-state index contributed by atoms with van der Waals surface area (Å²) in [5, 5.41) is 9.26. The Morgan fingerprint density at radius 1 is 1.62 bits per heavy atom. The molecule has 0 aliphatic rings. The van der Waals surface area contributed by atoms with E-state index in [1.54, 1.807) is 18.2 Å². The molecule has 13 heavy (non-hydrogen) atoms. The molecule has 0 aliphatic carbocycles. The summed E-state index contributed by atoms with van der Waals surface area (Å²) in [6.45, 7) is 0. The lowest BCUT2D eigenvalue weighted by Crippen LogP contribution is -2.15. The second kappa shape index (κ2) is 4.63. The maximum absolute atomic E-state index is 10.5. The molecule has 1 aromatic carbocycles. The Balaban J connectivity index is 2.69. The fraction of sp³-hybridized carbons (Fsp3) is 0.222. The van der Waals surface area contributed by atoms with Crippen molar-refractivity contribution >= 4 is 33.5 Å². The van der Waals surface area contributed by atoms with E-state index in [1.807, 2.05) is 6.07 Å². The van der Waals surface area contributed by atoms with Crippen LogP contribution >= 0.6 is 27.5 Å². The summed E-state index contributed by atoms with van der Waals surface area (Å²) in [4.78, 5) is 9.96. The highest BCUT2D eigenvalue weighted by Gasteiger charge is 2.13. The summed E-state index contributed by atoms with van der Waals surface area (Å²) in [5.74, 6) is -0.861. The van der Waals surface area contributed by atoms with Gasteiger partial charge in [0.2, 0.25) is 0 Å². The summed E-state index contributed by atoms with van der Waals surface area (Å²) in [5.41, 5.74) is 0.914. The first kappa shape index (κ1) is 10.5. The molecule has 0 spiro atoms. The smallest absolute Gasteiger partial charge is 0.317 e. The first-order valence-corrected chi connectivity index (χ1v) is 5.00. The summed E-state index contributed by atoms with van der Waals surface area (Å²) in [6.07, 6.45) is 0.440. The Kier molecular flexibility index (Phi) is 3.75. The molecule has 0 aliphatic heterocycles. The normalized spacial score (nSPS) is 12.5. The Hall–Kier alpha value is -0.540. The molecule has 4 heteroatoms. The van der Waals surface area contributed by atoms with Crippen LogP contribution in [0.3, 0.4) is 0 Å². The number of carboxylic acids is 1. The SMILES string of the molecule is O=C(O)[C@@H](Br)Cc1cccc(Cl)c1. The van der Waals surface area contributed by atoms with Crippen molar-refractivity contribution in [3.8, 4) is 0 Å². The molecule has 0 fully saturated rings. The minimum atomic E-state index is -0.861. The third-order valence-corrected chi connectivity index (χ3v) is 2.52. The van der Waals surface area contributed by atoms with Gasteiger partial charge in [-0.1, -0.05) is 39.7 Å². The van der Waals surface area contributed by atoms with E-state index in [4.69, 9.17) is 16.7 Å². The van der Waals surface area contributed by atoms with Crippen LogP contribution in [0.1, 0.15) is 5.56 Å². The van der Waals surface area contributed by atoms with Crippen LogP contribution in [0.5, 0.6) is 0 Å². The van der Waals surface area contributed by atoms with E-state index in [0.29, 0.717) is 11.4 Å². The van der Waals surface area contributed by atoms with E-state index in [2.05, 4.69) is 15.9 Å². The van der Waals surface area contributed by atoms with Gasteiger partial charge in [0.15, 0.2) is 0 Å². The van der Waals surface area contributed by atoms with Crippen LogP contribution in [0.15, 0.2) is 24.3 Å². The molecule has 2 nitrogen and oxygen atoms in total. The maximum Gasteiger partial charge on any atom is 0.317 e. The van der Waals surface area contributed by atoms with Crippen molar-refractivity contribution in [3.63, 3.8) is 0 Å². The highest BCUT2D eigenvalue weighted by atomic mass is 79.9. The number of aliphatic carboxylic acids is 1. The summed E-state index contributed by atoms with van der Waals surface area (Å²) in [7, 11) is 0. The van der Waals surface area contributed by atoms with Crippen LogP contribution in [-0.2, 0) is 11.2 Å². The van der Waals surface area contributed by atoms with Crippen LogP contribution in [0.4, 0.5) is 0 Å².